The van der Waals surface area contributed by atoms with Crippen LogP contribution in [0.3, 0.4) is 0 Å². The van der Waals surface area contributed by atoms with E-state index >= 15 is 0 Å². The summed E-state index contributed by atoms with van der Waals surface area (Å²) in [5.74, 6) is 0.767. The molecule has 0 spiro atoms. The molecular weight excluding hydrogens is 394 g/mol. The Morgan fingerprint density at radius 2 is 1.64 bits per heavy atom. The van der Waals surface area contributed by atoms with Crippen molar-refractivity contribution in [3.8, 4) is 17.0 Å². The van der Waals surface area contributed by atoms with Gasteiger partial charge in [-0.15, -0.1) is 0 Å². The zero-order valence-corrected chi connectivity index (χ0v) is 16.4. The molecule has 0 saturated carbocycles. The molecule has 0 atom stereocenters. The smallest absolute Gasteiger partial charge is 0.168 e. The molecule has 0 amide bonds. The normalized spacial score (nSPS) is 11.1. The molecule has 0 bridgehead atoms. The summed E-state index contributed by atoms with van der Waals surface area (Å²) in [5, 5.41) is 1.08. The Hall–Kier alpha value is -2.89. The van der Waals surface area contributed by atoms with Crippen molar-refractivity contribution in [3.63, 3.8) is 0 Å². The van der Waals surface area contributed by atoms with Crippen LogP contribution in [-0.4, -0.2) is 13.4 Å². The molecule has 4 nitrogen and oxygen atoms in total. The molecule has 6 heteroatoms. The predicted molar refractivity (Wildman–Crippen MR) is 112 cm³/mol. The van der Waals surface area contributed by atoms with Gasteiger partial charge in [0, 0.05) is 10.9 Å². The topological polar surface area (TPSA) is 56.3 Å². The van der Waals surface area contributed by atoms with Crippen molar-refractivity contribution in [1.29, 1.82) is 0 Å². The first-order valence-corrected chi connectivity index (χ1v) is 10.2. The summed E-state index contributed by atoms with van der Waals surface area (Å²) in [5.41, 5.74) is 3.36. The van der Waals surface area contributed by atoms with Crippen LogP contribution in [0.2, 0.25) is 5.02 Å². The molecule has 3 aromatic carbocycles. The maximum absolute atomic E-state index is 11.2. The molecule has 0 aliphatic heterocycles. The number of halogens is 1. The fourth-order valence-corrected chi connectivity index (χ4v) is 3.58. The average Bonchev–Trinajstić information content (AvgIpc) is 2.73. The highest BCUT2D eigenvalue weighted by atomic mass is 35.5. The lowest BCUT2D eigenvalue weighted by molar-refractivity contribution is 0.306. The van der Waals surface area contributed by atoms with Crippen molar-refractivity contribution in [2.24, 2.45) is 0 Å². The molecule has 0 aliphatic carbocycles. The number of nitrogens with zero attached hydrogens (tertiary/aromatic N) is 1. The maximum atomic E-state index is 11.2. The minimum Gasteiger partial charge on any atom is -0.489 e. The second-order valence-corrected chi connectivity index (χ2v) is 7.68. The van der Waals surface area contributed by atoms with Gasteiger partial charge >= 0.3 is 0 Å². The van der Waals surface area contributed by atoms with Gasteiger partial charge in [0.15, 0.2) is 10.7 Å². The highest BCUT2D eigenvalue weighted by Crippen LogP contribution is 2.30. The van der Waals surface area contributed by atoms with Gasteiger partial charge in [-0.05, 0) is 54.1 Å². The summed E-state index contributed by atoms with van der Waals surface area (Å²) in [6, 6.07) is 24.1. The second-order valence-electron chi connectivity index (χ2n) is 6.25. The number of fused-ring (bicyclic) bond motifs is 1. The summed E-state index contributed by atoms with van der Waals surface area (Å²) in [4.78, 5) is 4.83. The van der Waals surface area contributed by atoms with Crippen LogP contribution < -0.4 is 4.74 Å². The summed E-state index contributed by atoms with van der Waals surface area (Å²) < 4.78 is 28.2. The van der Waals surface area contributed by atoms with E-state index in [0.29, 0.717) is 28.2 Å². The molecule has 0 fully saturated rings. The number of benzene rings is 3. The molecule has 1 heterocycles. The van der Waals surface area contributed by atoms with Gasteiger partial charge in [0.05, 0.1) is 21.1 Å². The second kappa shape index (κ2) is 8.00. The number of hydrogen-bond acceptors (Lipinski definition) is 4. The lowest BCUT2D eigenvalue weighted by Crippen LogP contribution is -1.95. The molecule has 0 saturated heterocycles. The molecule has 4 rings (SSSR count). The van der Waals surface area contributed by atoms with E-state index in [1.807, 2.05) is 54.6 Å². The van der Waals surface area contributed by atoms with E-state index in [0.717, 1.165) is 16.9 Å². The predicted octanol–water partition coefficient (Wildman–Crippen LogP) is 5.10. The largest absolute Gasteiger partial charge is 0.489 e. The highest BCUT2D eigenvalue weighted by molar-refractivity contribution is 7.72. The third-order valence-electron chi connectivity index (χ3n) is 4.35. The third kappa shape index (κ3) is 4.01. The molecule has 140 valence electrons. The highest BCUT2D eigenvalue weighted by Gasteiger charge is 2.08. The first-order valence-electron chi connectivity index (χ1n) is 8.62. The van der Waals surface area contributed by atoms with Gasteiger partial charge in [-0.25, -0.2) is 13.4 Å². The first-order chi connectivity index (χ1) is 13.6. The van der Waals surface area contributed by atoms with Crippen LogP contribution in [0.15, 0.2) is 83.8 Å². The molecule has 0 N–H and O–H groups in total. The van der Waals surface area contributed by atoms with Crippen LogP contribution in [0, 0.1) is 0 Å². The Morgan fingerprint density at radius 1 is 0.893 bits per heavy atom. The van der Waals surface area contributed by atoms with Crippen LogP contribution >= 0.6 is 11.6 Å². The zero-order chi connectivity index (χ0) is 19.5. The minimum atomic E-state index is -2.66. The molecular formula is C22H16ClNO3S. The Bertz CT molecular complexity index is 1200. The molecule has 0 radical (unpaired) electrons. The number of hydrogen-bond donors (Lipinski definition) is 1. The summed E-state index contributed by atoms with van der Waals surface area (Å²) in [6.45, 7) is 0.505. The summed E-state index contributed by atoms with van der Waals surface area (Å²) >= 11 is 6.38. The van der Waals surface area contributed by atoms with Gasteiger partial charge in [-0.1, -0.05) is 41.9 Å². The molecule has 4 aromatic rings. The van der Waals surface area contributed by atoms with Crippen molar-refractivity contribution in [3.05, 3.63) is 89.4 Å². The Morgan fingerprint density at radius 3 is 2.36 bits per heavy atom. The first kappa shape index (κ1) is 18.5. The Balaban J connectivity index is 1.58. The average molecular weight is 410 g/mol. The van der Waals surface area contributed by atoms with Crippen LogP contribution in [0.4, 0.5) is 0 Å². The van der Waals surface area contributed by atoms with E-state index in [1.54, 1.807) is 18.2 Å². The maximum Gasteiger partial charge on any atom is 0.168 e. The Labute approximate surface area is 169 Å². The van der Waals surface area contributed by atoms with Crippen LogP contribution in [0.25, 0.3) is 22.2 Å². The quantitative estimate of drug-likeness (QED) is 0.465. The van der Waals surface area contributed by atoms with Gasteiger partial charge in [-0.3, -0.25) is 0 Å². The number of aromatic nitrogens is 1. The van der Waals surface area contributed by atoms with Gasteiger partial charge in [0.25, 0.3) is 0 Å². The van der Waals surface area contributed by atoms with Crippen molar-refractivity contribution >= 4 is 33.2 Å². The van der Waals surface area contributed by atoms with Gasteiger partial charge in [-0.2, -0.15) is 0 Å². The number of thiol groups is 1. The summed E-state index contributed by atoms with van der Waals surface area (Å²) in [7, 11) is -2.66. The van der Waals surface area contributed by atoms with E-state index < -0.39 is 10.7 Å². The number of rotatable bonds is 5. The van der Waals surface area contributed by atoms with E-state index in [-0.39, 0.29) is 4.90 Å². The number of pyridine rings is 1. The van der Waals surface area contributed by atoms with Crippen molar-refractivity contribution in [2.75, 3.05) is 0 Å². The van der Waals surface area contributed by atoms with E-state index in [2.05, 4.69) is 4.98 Å². The van der Waals surface area contributed by atoms with Crippen LogP contribution in [0.1, 0.15) is 5.56 Å². The van der Waals surface area contributed by atoms with Crippen LogP contribution in [-0.2, 0) is 17.3 Å². The Kier molecular flexibility index (Phi) is 5.28. The molecule has 28 heavy (non-hydrogen) atoms. The lowest BCUT2D eigenvalue weighted by Gasteiger charge is -2.09. The van der Waals surface area contributed by atoms with Crippen molar-refractivity contribution in [1.82, 2.24) is 4.98 Å². The standard InChI is InChI=1S/C22H16ClNO3S/c23-20-13-22(24-21-11-10-18(28(25)26)12-19(20)21)16-6-8-17(9-7-16)27-14-15-4-2-1-3-5-15/h1-13,28H,14H2. The van der Waals surface area contributed by atoms with Gasteiger partial charge in [0.1, 0.15) is 12.4 Å². The van der Waals surface area contributed by atoms with Gasteiger partial charge < -0.3 is 4.74 Å². The number of ether oxygens (including phenoxy) is 1. The molecule has 1 aromatic heterocycles. The van der Waals surface area contributed by atoms with Crippen LogP contribution in [0.5, 0.6) is 5.75 Å². The molecule has 0 aliphatic rings. The SMILES string of the molecule is O=[SH](=O)c1ccc2nc(-c3ccc(OCc4ccccc4)cc3)cc(Cl)c2c1. The fraction of sp³-hybridized carbons (Fsp3) is 0.0455. The van der Waals surface area contributed by atoms with E-state index in [1.165, 1.54) is 6.07 Å². The minimum absolute atomic E-state index is 0.221. The lowest BCUT2D eigenvalue weighted by atomic mass is 10.1. The van der Waals surface area contributed by atoms with Gasteiger partial charge in [0.2, 0.25) is 0 Å². The van der Waals surface area contributed by atoms with E-state index in [9.17, 15) is 8.42 Å². The van der Waals surface area contributed by atoms with Crippen molar-refractivity contribution < 1.29 is 13.2 Å². The third-order valence-corrected chi connectivity index (χ3v) is 5.36. The van der Waals surface area contributed by atoms with E-state index in [4.69, 9.17) is 16.3 Å². The monoisotopic (exact) mass is 409 g/mol. The molecule has 0 unspecified atom stereocenters. The zero-order valence-electron chi connectivity index (χ0n) is 14.7. The summed E-state index contributed by atoms with van der Waals surface area (Å²) in [6.07, 6.45) is 0. The fourth-order valence-electron chi connectivity index (χ4n) is 2.90. The van der Waals surface area contributed by atoms with Crippen molar-refractivity contribution in [2.45, 2.75) is 11.5 Å².